The van der Waals surface area contributed by atoms with E-state index in [9.17, 15) is 4.79 Å². The predicted octanol–water partition coefficient (Wildman–Crippen LogP) is 4.71. The SMILES string of the molecule is CCOc1cc(C(=O)N(CC)c2ccc(Br)cn2)cc(OCC)c1OCC. The molecule has 0 unspecified atom stereocenters. The molecule has 0 aliphatic carbocycles. The first-order chi connectivity index (χ1) is 13.0. The lowest BCUT2D eigenvalue weighted by Crippen LogP contribution is -2.31. The van der Waals surface area contributed by atoms with Crippen LogP contribution in [0.2, 0.25) is 0 Å². The zero-order valence-electron chi connectivity index (χ0n) is 16.1. The van der Waals surface area contributed by atoms with Crippen molar-refractivity contribution in [3.63, 3.8) is 0 Å². The molecule has 0 fully saturated rings. The van der Waals surface area contributed by atoms with Gasteiger partial charge in [-0.15, -0.1) is 0 Å². The van der Waals surface area contributed by atoms with Crippen molar-refractivity contribution < 1.29 is 19.0 Å². The first-order valence-electron chi connectivity index (χ1n) is 9.05. The van der Waals surface area contributed by atoms with E-state index in [-0.39, 0.29) is 5.91 Å². The summed E-state index contributed by atoms with van der Waals surface area (Å²) in [5, 5.41) is 0. The monoisotopic (exact) mass is 436 g/mol. The van der Waals surface area contributed by atoms with Crippen LogP contribution in [-0.4, -0.2) is 37.3 Å². The van der Waals surface area contributed by atoms with Crippen molar-refractivity contribution in [1.82, 2.24) is 4.98 Å². The van der Waals surface area contributed by atoms with Crippen molar-refractivity contribution in [3.05, 3.63) is 40.5 Å². The number of halogens is 1. The van der Waals surface area contributed by atoms with Crippen molar-refractivity contribution >= 4 is 27.7 Å². The molecule has 0 saturated carbocycles. The maximum Gasteiger partial charge on any atom is 0.259 e. The van der Waals surface area contributed by atoms with E-state index in [1.54, 1.807) is 29.3 Å². The number of amides is 1. The topological polar surface area (TPSA) is 60.9 Å². The summed E-state index contributed by atoms with van der Waals surface area (Å²) in [4.78, 5) is 19.1. The highest BCUT2D eigenvalue weighted by Gasteiger charge is 2.22. The molecule has 146 valence electrons. The van der Waals surface area contributed by atoms with Crippen molar-refractivity contribution in [2.45, 2.75) is 27.7 Å². The Kier molecular flexibility index (Phi) is 7.91. The molecule has 2 rings (SSSR count). The maximum atomic E-state index is 13.2. The molecule has 0 aliphatic rings. The van der Waals surface area contributed by atoms with Crippen LogP contribution < -0.4 is 19.1 Å². The third kappa shape index (κ3) is 5.13. The summed E-state index contributed by atoms with van der Waals surface area (Å²) in [7, 11) is 0. The van der Waals surface area contributed by atoms with Gasteiger partial charge in [0.25, 0.3) is 5.91 Å². The van der Waals surface area contributed by atoms with Crippen LogP contribution >= 0.6 is 15.9 Å². The summed E-state index contributed by atoms with van der Waals surface area (Å²) in [6.07, 6.45) is 1.67. The number of ether oxygens (including phenoxy) is 3. The van der Waals surface area contributed by atoms with E-state index in [1.807, 2.05) is 33.8 Å². The molecular weight excluding hydrogens is 412 g/mol. The van der Waals surface area contributed by atoms with Gasteiger partial charge >= 0.3 is 0 Å². The van der Waals surface area contributed by atoms with E-state index in [1.165, 1.54) is 0 Å². The molecule has 0 spiro atoms. The molecule has 1 aromatic heterocycles. The molecule has 27 heavy (non-hydrogen) atoms. The minimum atomic E-state index is -0.183. The number of carbonyl (C=O) groups is 1. The second kappa shape index (κ2) is 10.2. The largest absolute Gasteiger partial charge is 0.490 e. The van der Waals surface area contributed by atoms with Gasteiger partial charge in [0, 0.05) is 22.8 Å². The van der Waals surface area contributed by atoms with Crippen molar-refractivity contribution in [3.8, 4) is 17.2 Å². The number of aromatic nitrogens is 1. The summed E-state index contributed by atoms with van der Waals surface area (Å²) in [5.74, 6) is 1.90. The van der Waals surface area contributed by atoms with E-state index in [4.69, 9.17) is 14.2 Å². The zero-order chi connectivity index (χ0) is 19.8. The number of rotatable bonds is 9. The Hall–Kier alpha value is -2.28. The van der Waals surface area contributed by atoms with Gasteiger partial charge in [-0.3, -0.25) is 9.69 Å². The molecular formula is C20H25BrN2O4. The average molecular weight is 437 g/mol. The van der Waals surface area contributed by atoms with Gasteiger partial charge in [-0.2, -0.15) is 0 Å². The number of carbonyl (C=O) groups excluding carboxylic acids is 1. The van der Waals surface area contributed by atoms with Crippen LogP contribution in [0.3, 0.4) is 0 Å². The molecule has 0 atom stereocenters. The fourth-order valence-corrected chi connectivity index (χ4v) is 2.84. The van der Waals surface area contributed by atoms with Gasteiger partial charge < -0.3 is 14.2 Å². The minimum absolute atomic E-state index is 0.183. The highest BCUT2D eigenvalue weighted by Crippen LogP contribution is 2.39. The minimum Gasteiger partial charge on any atom is -0.490 e. The Morgan fingerprint density at radius 2 is 1.59 bits per heavy atom. The van der Waals surface area contributed by atoms with Crippen molar-refractivity contribution in [2.75, 3.05) is 31.3 Å². The highest BCUT2D eigenvalue weighted by molar-refractivity contribution is 9.10. The van der Waals surface area contributed by atoms with Crippen LogP contribution in [0.4, 0.5) is 5.82 Å². The normalized spacial score (nSPS) is 10.4. The van der Waals surface area contributed by atoms with E-state index in [2.05, 4.69) is 20.9 Å². The highest BCUT2D eigenvalue weighted by atomic mass is 79.9. The molecule has 0 bridgehead atoms. The third-order valence-corrected chi connectivity index (χ3v) is 4.17. The Bertz CT molecular complexity index is 738. The van der Waals surface area contributed by atoms with Crippen molar-refractivity contribution in [1.29, 1.82) is 0 Å². The van der Waals surface area contributed by atoms with Crippen LogP contribution in [0, 0.1) is 0 Å². The van der Waals surface area contributed by atoms with Crippen LogP contribution in [0.25, 0.3) is 0 Å². The Labute approximate surface area is 168 Å². The Morgan fingerprint density at radius 1 is 1.00 bits per heavy atom. The molecule has 0 radical (unpaired) electrons. The molecule has 7 heteroatoms. The quantitative estimate of drug-likeness (QED) is 0.569. The van der Waals surface area contributed by atoms with E-state index < -0.39 is 0 Å². The van der Waals surface area contributed by atoms with Gasteiger partial charge in [0.05, 0.1) is 19.8 Å². The van der Waals surface area contributed by atoms with E-state index in [0.29, 0.717) is 55.0 Å². The van der Waals surface area contributed by atoms with E-state index in [0.717, 1.165) is 4.47 Å². The second-order valence-corrected chi connectivity index (χ2v) is 6.40. The molecule has 2 aromatic rings. The first kappa shape index (κ1) is 21.0. The van der Waals surface area contributed by atoms with Gasteiger partial charge in [-0.25, -0.2) is 4.98 Å². The molecule has 6 nitrogen and oxygen atoms in total. The number of hydrogen-bond acceptors (Lipinski definition) is 5. The van der Waals surface area contributed by atoms with Gasteiger partial charge in [0.15, 0.2) is 11.5 Å². The number of pyridine rings is 1. The van der Waals surface area contributed by atoms with Gasteiger partial charge in [-0.1, -0.05) is 0 Å². The second-order valence-electron chi connectivity index (χ2n) is 5.48. The number of hydrogen-bond donors (Lipinski definition) is 0. The summed E-state index contributed by atoms with van der Waals surface area (Å²) in [6.45, 7) is 9.42. The summed E-state index contributed by atoms with van der Waals surface area (Å²) >= 11 is 3.36. The van der Waals surface area contributed by atoms with Crippen LogP contribution in [0.15, 0.2) is 34.9 Å². The van der Waals surface area contributed by atoms with Crippen LogP contribution in [-0.2, 0) is 0 Å². The molecule has 1 aromatic carbocycles. The maximum absolute atomic E-state index is 13.2. The van der Waals surface area contributed by atoms with E-state index >= 15 is 0 Å². The predicted molar refractivity (Wildman–Crippen MR) is 109 cm³/mol. The Morgan fingerprint density at radius 3 is 2.04 bits per heavy atom. The van der Waals surface area contributed by atoms with Crippen LogP contribution in [0.1, 0.15) is 38.1 Å². The summed E-state index contributed by atoms with van der Waals surface area (Å²) < 4.78 is 18.0. The standard InChI is InChI=1S/C20H25BrN2O4/c1-5-23(18-10-9-15(21)13-22-18)20(24)14-11-16(25-6-2)19(27-8-4)17(12-14)26-7-3/h9-13H,5-8H2,1-4H3. The lowest BCUT2D eigenvalue weighted by atomic mass is 10.1. The number of benzene rings is 1. The fourth-order valence-electron chi connectivity index (χ4n) is 2.61. The van der Waals surface area contributed by atoms with Crippen LogP contribution in [0.5, 0.6) is 17.2 Å². The molecule has 0 N–H and O–H groups in total. The molecule has 0 aliphatic heterocycles. The van der Waals surface area contributed by atoms with Gasteiger partial charge in [0.1, 0.15) is 5.82 Å². The smallest absolute Gasteiger partial charge is 0.259 e. The number of nitrogens with zero attached hydrogens (tertiary/aromatic N) is 2. The lowest BCUT2D eigenvalue weighted by Gasteiger charge is -2.22. The van der Waals surface area contributed by atoms with Gasteiger partial charge in [0.2, 0.25) is 5.75 Å². The van der Waals surface area contributed by atoms with Gasteiger partial charge in [-0.05, 0) is 67.9 Å². The lowest BCUT2D eigenvalue weighted by molar-refractivity contribution is 0.0986. The number of anilines is 1. The first-order valence-corrected chi connectivity index (χ1v) is 9.84. The third-order valence-electron chi connectivity index (χ3n) is 3.71. The fraction of sp³-hybridized carbons (Fsp3) is 0.400. The van der Waals surface area contributed by atoms with Crippen molar-refractivity contribution in [2.24, 2.45) is 0 Å². The Balaban J connectivity index is 2.47. The molecule has 0 saturated heterocycles. The molecule has 1 amide bonds. The summed E-state index contributed by atoms with van der Waals surface area (Å²) in [6, 6.07) is 7.04. The molecule has 1 heterocycles. The average Bonchev–Trinajstić information content (AvgIpc) is 2.66. The zero-order valence-corrected chi connectivity index (χ0v) is 17.7. The summed E-state index contributed by atoms with van der Waals surface area (Å²) in [5.41, 5.74) is 0.455.